The lowest BCUT2D eigenvalue weighted by molar-refractivity contribution is -0.147. The highest BCUT2D eigenvalue weighted by molar-refractivity contribution is 7.98. The van der Waals surface area contributed by atoms with Gasteiger partial charge in [0.15, 0.2) is 0 Å². The molecule has 1 fully saturated rings. The van der Waals surface area contributed by atoms with Crippen LogP contribution in [0.2, 0.25) is 0 Å². The summed E-state index contributed by atoms with van der Waals surface area (Å²) in [5.41, 5.74) is 5.54. The van der Waals surface area contributed by atoms with E-state index in [4.69, 9.17) is 5.73 Å². The molecule has 1 amide bonds. The molecule has 0 radical (unpaired) electrons. The van der Waals surface area contributed by atoms with Crippen LogP contribution in [0.5, 0.6) is 0 Å². The van der Waals surface area contributed by atoms with E-state index >= 15 is 0 Å². The van der Waals surface area contributed by atoms with Gasteiger partial charge in [0, 0.05) is 19.6 Å². The predicted molar refractivity (Wildman–Crippen MR) is 70.6 cm³/mol. The first-order valence-electron chi connectivity index (χ1n) is 6.03. The zero-order chi connectivity index (χ0) is 12.2. The van der Waals surface area contributed by atoms with Crippen molar-refractivity contribution in [1.82, 2.24) is 4.90 Å². The van der Waals surface area contributed by atoms with E-state index in [-0.39, 0.29) is 11.3 Å². The fraction of sp³-hybridized carbons (Fsp3) is 0.917. The minimum atomic E-state index is -0.220. The molecule has 0 saturated heterocycles. The minimum Gasteiger partial charge on any atom is -0.343 e. The second-order valence-electron chi connectivity index (χ2n) is 4.88. The van der Waals surface area contributed by atoms with E-state index in [0.717, 1.165) is 31.4 Å². The molecule has 1 unspecified atom stereocenters. The van der Waals surface area contributed by atoms with Crippen LogP contribution >= 0.6 is 11.8 Å². The number of carbonyl (C=O) groups excluding carboxylic acids is 1. The van der Waals surface area contributed by atoms with Gasteiger partial charge in [-0.25, -0.2) is 0 Å². The van der Waals surface area contributed by atoms with Crippen LogP contribution in [0.3, 0.4) is 0 Å². The molecule has 0 bridgehead atoms. The highest BCUT2D eigenvalue weighted by Crippen LogP contribution is 2.41. The summed E-state index contributed by atoms with van der Waals surface area (Å²) in [6.07, 6.45) is 6.26. The summed E-state index contributed by atoms with van der Waals surface area (Å²) in [6.45, 7) is 2.63. The Bertz CT molecular complexity index is 236. The maximum absolute atomic E-state index is 12.3. The Morgan fingerprint density at radius 1 is 1.56 bits per heavy atom. The molecular formula is C12H24N2OS. The highest BCUT2D eigenvalue weighted by Gasteiger charge is 2.44. The summed E-state index contributed by atoms with van der Waals surface area (Å²) in [4.78, 5) is 14.2. The number of rotatable bonds is 6. The Labute approximate surface area is 103 Å². The normalized spacial score (nSPS) is 20.0. The third kappa shape index (κ3) is 2.72. The number of hydrogen-bond donors (Lipinski definition) is 1. The second-order valence-corrected chi connectivity index (χ2v) is 5.87. The number of amides is 1. The Hall–Kier alpha value is -0.220. The Morgan fingerprint density at radius 2 is 2.19 bits per heavy atom. The summed E-state index contributed by atoms with van der Waals surface area (Å²) in [6, 6.07) is 0.323. The van der Waals surface area contributed by atoms with Crippen molar-refractivity contribution in [1.29, 1.82) is 0 Å². The first-order valence-corrected chi connectivity index (χ1v) is 7.43. The first kappa shape index (κ1) is 13.8. The van der Waals surface area contributed by atoms with E-state index in [1.54, 1.807) is 0 Å². The lowest BCUT2D eigenvalue weighted by atomic mass is 9.67. The Balaban J connectivity index is 2.52. The van der Waals surface area contributed by atoms with Crippen LogP contribution in [0.1, 0.15) is 32.6 Å². The topological polar surface area (TPSA) is 46.3 Å². The number of carbonyl (C=O) groups is 1. The van der Waals surface area contributed by atoms with Crippen molar-refractivity contribution in [3.8, 4) is 0 Å². The van der Waals surface area contributed by atoms with E-state index in [0.29, 0.717) is 12.6 Å². The molecule has 0 aliphatic heterocycles. The first-order chi connectivity index (χ1) is 7.57. The van der Waals surface area contributed by atoms with Crippen LogP contribution in [0.15, 0.2) is 0 Å². The standard InChI is InChI=1S/C12H24N2OS/c1-10(5-8-16-3)14(2)11(15)12(9-13)6-4-7-12/h10H,4-9,13H2,1-3H3. The van der Waals surface area contributed by atoms with Crippen molar-refractivity contribution in [2.45, 2.75) is 38.6 Å². The van der Waals surface area contributed by atoms with Gasteiger partial charge in [-0.05, 0) is 38.2 Å². The maximum Gasteiger partial charge on any atom is 0.230 e. The average molecular weight is 244 g/mol. The van der Waals surface area contributed by atoms with Crippen molar-refractivity contribution in [3.63, 3.8) is 0 Å². The zero-order valence-electron chi connectivity index (χ0n) is 10.7. The minimum absolute atomic E-state index is 0.220. The van der Waals surface area contributed by atoms with Gasteiger partial charge in [0.25, 0.3) is 0 Å². The van der Waals surface area contributed by atoms with Gasteiger partial charge in [-0.15, -0.1) is 0 Å². The molecule has 0 heterocycles. The van der Waals surface area contributed by atoms with Gasteiger partial charge in [-0.3, -0.25) is 4.79 Å². The lowest BCUT2D eigenvalue weighted by Gasteiger charge is -2.43. The molecule has 4 heteroatoms. The zero-order valence-corrected chi connectivity index (χ0v) is 11.5. The molecule has 1 aliphatic carbocycles. The quantitative estimate of drug-likeness (QED) is 0.774. The number of hydrogen-bond acceptors (Lipinski definition) is 3. The third-order valence-corrected chi connectivity index (χ3v) is 4.52. The summed E-state index contributed by atoms with van der Waals surface area (Å²) in [7, 11) is 1.92. The molecule has 1 aliphatic rings. The van der Waals surface area contributed by atoms with Crippen molar-refractivity contribution < 1.29 is 4.79 Å². The Kier molecular flexibility index (Phi) is 5.12. The molecule has 16 heavy (non-hydrogen) atoms. The Morgan fingerprint density at radius 3 is 2.56 bits per heavy atom. The fourth-order valence-corrected chi connectivity index (χ4v) is 2.74. The van der Waals surface area contributed by atoms with Gasteiger partial charge in [-0.1, -0.05) is 6.42 Å². The van der Waals surface area contributed by atoms with Crippen molar-refractivity contribution in [2.24, 2.45) is 11.1 Å². The third-order valence-electron chi connectivity index (χ3n) is 3.88. The van der Waals surface area contributed by atoms with Crippen LogP contribution < -0.4 is 5.73 Å². The van der Waals surface area contributed by atoms with Gasteiger partial charge >= 0.3 is 0 Å². The summed E-state index contributed by atoms with van der Waals surface area (Å²) >= 11 is 1.83. The highest BCUT2D eigenvalue weighted by atomic mass is 32.2. The molecule has 1 atom stereocenters. The van der Waals surface area contributed by atoms with E-state index in [9.17, 15) is 4.79 Å². The molecule has 0 aromatic rings. The van der Waals surface area contributed by atoms with Gasteiger partial charge in [0.2, 0.25) is 5.91 Å². The van der Waals surface area contributed by atoms with Crippen LogP contribution in [0.4, 0.5) is 0 Å². The van der Waals surface area contributed by atoms with Crippen LogP contribution in [-0.2, 0) is 4.79 Å². The molecule has 1 rings (SSSR count). The number of nitrogens with zero attached hydrogens (tertiary/aromatic N) is 1. The van der Waals surface area contributed by atoms with Crippen molar-refractivity contribution >= 4 is 17.7 Å². The molecule has 0 aromatic carbocycles. The molecule has 94 valence electrons. The summed E-state index contributed by atoms with van der Waals surface area (Å²) < 4.78 is 0. The number of nitrogens with two attached hydrogens (primary N) is 1. The van der Waals surface area contributed by atoms with Crippen LogP contribution in [-0.4, -0.2) is 42.4 Å². The van der Waals surface area contributed by atoms with E-state index in [2.05, 4.69) is 13.2 Å². The van der Waals surface area contributed by atoms with E-state index in [1.165, 1.54) is 0 Å². The molecular weight excluding hydrogens is 220 g/mol. The molecule has 2 N–H and O–H groups in total. The van der Waals surface area contributed by atoms with Gasteiger partial charge in [-0.2, -0.15) is 11.8 Å². The monoisotopic (exact) mass is 244 g/mol. The van der Waals surface area contributed by atoms with Gasteiger partial charge < -0.3 is 10.6 Å². The molecule has 0 aromatic heterocycles. The second kappa shape index (κ2) is 5.92. The fourth-order valence-electron chi connectivity index (χ4n) is 2.17. The van der Waals surface area contributed by atoms with Crippen LogP contribution in [0, 0.1) is 5.41 Å². The van der Waals surface area contributed by atoms with Gasteiger partial charge in [0.1, 0.15) is 0 Å². The molecule has 1 saturated carbocycles. The largest absolute Gasteiger partial charge is 0.343 e. The lowest BCUT2D eigenvalue weighted by Crippen LogP contribution is -2.53. The number of thioether (sulfide) groups is 1. The maximum atomic E-state index is 12.3. The predicted octanol–water partition coefficient (Wildman–Crippen LogP) is 1.72. The van der Waals surface area contributed by atoms with E-state index in [1.807, 2.05) is 23.7 Å². The van der Waals surface area contributed by atoms with Crippen LogP contribution in [0.25, 0.3) is 0 Å². The van der Waals surface area contributed by atoms with Crippen molar-refractivity contribution in [3.05, 3.63) is 0 Å². The molecule has 0 spiro atoms. The van der Waals surface area contributed by atoms with E-state index < -0.39 is 0 Å². The smallest absolute Gasteiger partial charge is 0.230 e. The summed E-state index contributed by atoms with van der Waals surface area (Å²) in [5.74, 6) is 1.36. The molecule has 3 nitrogen and oxygen atoms in total. The average Bonchev–Trinajstić information content (AvgIpc) is 2.23. The summed E-state index contributed by atoms with van der Waals surface area (Å²) in [5, 5.41) is 0. The van der Waals surface area contributed by atoms with Crippen molar-refractivity contribution in [2.75, 3.05) is 25.6 Å². The SMILES string of the molecule is CSCCC(C)N(C)C(=O)C1(CN)CCC1. The van der Waals surface area contributed by atoms with Gasteiger partial charge in [0.05, 0.1) is 5.41 Å².